The monoisotopic (exact) mass is 224 g/mol. The standard InChI is InChI=1S/C8H8N4O4/c13-6-4-5(10-7(14)9-4)11-8(15)12(6)1-3-2-16-3/h3H,1-2H2,(H,11,15)(H2,9,10,14). The van der Waals surface area contributed by atoms with Crippen LogP contribution < -0.4 is 16.9 Å². The fourth-order valence-corrected chi connectivity index (χ4v) is 1.58. The Balaban J connectivity index is 2.30. The van der Waals surface area contributed by atoms with Crippen molar-refractivity contribution >= 4 is 11.2 Å². The summed E-state index contributed by atoms with van der Waals surface area (Å²) in [6.07, 6.45) is -0.0816. The molecule has 0 aromatic carbocycles. The Morgan fingerprint density at radius 2 is 2.00 bits per heavy atom. The molecule has 1 aliphatic heterocycles. The summed E-state index contributed by atoms with van der Waals surface area (Å²) >= 11 is 0. The molecule has 1 unspecified atom stereocenters. The van der Waals surface area contributed by atoms with Gasteiger partial charge in [-0.1, -0.05) is 0 Å². The molecule has 3 N–H and O–H groups in total. The maximum Gasteiger partial charge on any atom is 0.330 e. The molecule has 1 fully saturated rings. The van der Waals surface area contributed by atoms with Crippen LogP contribution in [0.15, 0.2) is 14.4 Å². The Bertz CT molecular complexity index is 714. The largest absolute Gasteiger partial charge is 0.371 e. The lowest BCUT2D eigenvalue weighted by molar-refractivity contribution is 0.377. The molecule has 0 aliphatic carbocycles. The molecule has 0 spiro atoms. The van der Waals surface area contributed by atoms with E-state index in [2.05, 4.69) is 15.0 Å². The van der Waals surface area contributed by atoms with Gasteiger partial charge in [-0.25, -0.2) is 9.59 Å². The number of nitrogens with zero attached hydrogens (tertiary/aromatic N) is 1. The quantitative estimate of drug-likeness (QED) is 0.517. The summed E-state index contributed by atoms with van der Waals surface area (Å²) in [5.41, 5.74) is -1.41. The van der Waals surface area contributed by atoms with Gasteiger partial charge in [0.05, 0.1) is 19.3 Å². The maximum absolute atomic E-state index is 11.8. The second kappa shape index (κ2) is 2.95. The van der Waals surface area contributed by atoms with E-state index in [0.717, 1.165) is 4.57 Å². The molecule has 3 rings (SSSR count). The van der Waals surface area contributed by atoms with Gasteiger partial charge in [0.1, 0.15) is 5.65 Å². The molecule has 0 bridgehead atoms. The summed E-state index contributed by atoms with van der Waals surface area (Å²) in [6.45, 7) is 0.755. The van der Waals surface area contributed by atoms with Crippen molar-refractivity contribution < 1.29 is 4.74 Å². The van der Waals surface area contributed by atoms with E-state index in [1.165, 1.54) is 0 Å². The zero-order valence-corrected chi connectivity index (χ0v) is 8.07. The highest BCUT2D eigenvalue weighted by molar-refractivity contribution is 5.67. The van der Waals surface area contributed by atoms with Crippen LogP contribution in [0.5, 0.6) is 0 Å². The molecule has 1 atom stereocenters. The predicted molar refractivity (Wildman–Crippen MR) is 53.5 cm³/mol. The number of aromatic amines is 3. The van der Waals surface area contributed by atoms with Crippen molar-refractivity contribution in [3.8, 4) is 0 Å². The van der Waals surface area contributed by atoms with E-state index in [4.69, 9.17) is 4.74 Å². The Kier molecular flexibility index (Phi) is 1.69. The van der Waals surface area contributed by atoms with Crippen molar-refractivity contribution in [2.24, 2.45) is 0 Å². The fourth-order valence-electron chi connectivity index (χ4n) is 1.58. The van der Waals surface area contributed by atoms with E-state index in [1.807, 2.05) is 0 Å². The first-order chi connectivity index (χ1) is 7.65. The summed E-state index contributed by atoms with van der Waals surface area (Å²) in [5, 5.41) is 0. The molecule has 84 valence electrons. The highest BCUT2D eigenvalue weighted by Crippen LogP contribution is 2.09. The topological polar surface area (TPSA) is 116 Å². The van der Waals surface area contributed by atoms with Crippen LogP contribution in [0.1, 0.15) is 0 Å². The first kappa shape index (κ1) is 9.16. The normalized spacial score (nSPS) is 19.1. The molecule has 0 saturated carbocycles. The van der Waals surface area contributed by atoms with Crippen molar-refractivity contribution in [1.29, 1.82) is 0 Å². The Hall–Kier alpha value is -2.09. The van der Waals surface area contributed by atoms with E-state index >= 15 is 0 Å². The van der Waals surface area contributed by atoms with Gasteiger partial charge in [-0.05, 0) is 0 Å². The lowest BCUT2D eigenvalue weighted by atomic mass is 10.4. The van der Waals surface area contributed by atoms with Crippen molar-refractivity contribution in [1.82, 2.24) is 19.5 Å². The Labute approximate surface area is 86.9 Å². The molecular weight excluding hydrogens is 216 g/mol. The van der Waals surface area contributed by atoms with Crippen LogP contribution in [0.25, 0.3) is 11.2 Å². The average molecular weight is 224 g/mol. The van der Waals surface area contributed by atoms with E-state index in [9.17, 15) is 14.4 Å². The molecule has 2 aromatic heterocycles. The minimum Gasteiger partial charge on any atom is -0.371 e. The molecule has 1 aliphatic rings. The number of nitrogens with one attached hydrogen (secondary N) is 3. The van der Waals surface area contributed by atoms with E-state index in [0.29, 0.717) is 6.61 Å². The number of imidazole rings is 1. The van der Waals surface area contributed by atoms with Crippen LogP contribution in [0.3, 0.4) is 0 Å². The molecule has 3 heterocycles. The van der Waals surface area contributed by atoms with Gasteiger partial charge in [0.2, 0.25) is 0 Å². The highest BCUT2D eigenvalue weighted by atomic mass is 16.6. The molecule has 16 heavy (non-hydrogen) atoms. The fraction of sp³-hybridized carbons (Fsp3) is 0.375. The van der Waals surface area contributed by atoms with Crippen LogP contribution in [-0.4, -0.2) is 32.2 Å². The van der Waals surface area contributed by atoms with Crippen LogP contribution in [-0.2, 0) is 11.3 Å². The van der Waals surface area contributed by atoms with Crippen LogP contribution in [0.2, 0.25) is 0 Å². The third-order valence-electron chi connectivity index (χ3n) is 2.45. The van der Waals surface area contributed by atoms with Gasteiger partial charge in [-0.2, -0.15) is 0 Å². The van der Waals surface area contributed by atoms with Crippen LogP contribution in [0.4, 0.5) is 0 Å². The Morgan fingerprint density at radius 3 is 2.69 bits per heavy atom. The zero-order valence-electron chi connectivity index (χ0n) is 8.07. The number of rotatable bonds is 2. The van der Waals surface area contributed by atoms with Crippen molar-refractivity contribution in [2.45, 2.75) is 12.6 Å². The number of fused-ring (bicyclic) bond motifs is 1. The SMILES string of the molecule is O=c1[nH]c2[nH]c(=O)n(CC3CO3)c(=O)c2[nH]1. The number of aromatic nitrogens is 4. The number of hydrogen-bond donors (Lipinski definition) is 3. The van der Waals surface area contributed by atoms with Gasteiger partial charge in [0.15, 0.2) is 5.52 Å². The molecule has 0 amide bonds. The molecule has 0 radical (unpaired) electrons. The minimum atomic E-state index is -0.553. The van der Waals surface area contributed by atoms with Gasteiger partial charge >= 0.3 is 11.4 Å². The Morgan fingerprint density at radius 1 is 1.25 bits per heavy atom. The van der Waals surface area contributed by atoms with Crippen molar-refractivity contribution in [3.05, 3.63) is 31.3 Å². The number of epoxide rings is 1. The first-order valence-corrected chi connectivity index (χ1v) is 4.72. The lowest BCUT2D eigenvalue weighted by Crippen LogP contribution is -2.36. The second-order valence-corrected chi connectivity index (χ2v) is 3.63. The number of hydrogen-bond acceptors (Lipinski definition) is 4. The summed E-state index contributed by atoms with van der Waals surface area (Å²) < 4.78 is 5.97. The molecular formula is C8H8N4O4. The van der Waals surface area contributed by atoms with E-state index < -0.39 is 16.9 Å². The smallest absolute Gasteiger partial charge is 0.330 e. The van der Waals surface area contributed by atoms with Crippen LogP contribution >= 0.6 is 0 Å². The van der Waals surface area contributed by atoms with Gasteiger partial charge in [0, 0.05) is 0 Å². The van der Waals surface area contributed by atoms with Gasteiger partial charge in [-0.15, -0.1) is 0 Å². The minimum absolute atomic E-state index is 0.0743. The van der Waals surface area contributed by atoms with Gasteiger partial charge < -0.3 is 4.74 Å². The number of ether oxygens (including phenoxy) is 1. The molecule has 8 nitrogen and oxygen atoms in total. The van der Waals surface area contributed by atoms with Crippen molar-refractivity contribution in [3.63, 3.8) is 0 Å². The summed E-state index contributed by atoms with van der Waals surface area (Å²) in [5.74, 6) is 0. The molecule has 8 heteroatoms. The zero-order chi connectivity index (χ0) is 11.3. The second-order valence-electron chi connectivity index (χ2n) is 3.63. The summed E-state index contributed by atoms with van der Waals surface area (Å²) in [7, 11) is 0. The van der Waals surface area contributed by atoms with E-state index in [-0.39, 0.29) is 23.8 Å². The van der Waals surface area contributed by atoms with Crippen molar-refractivity contribution in [2.75, 3.05) is 6.61 Å². The average Bonchev–Trinajstić information content (AvgIpc) is 2.96. The predicted octanol–water partition coefficient (Wildman–Crippen LogP) is -1.89. The van der Waals surface area contributed by atoms with E-state index in [1.54, 1.807) is 0 Å². The third kappa shape index (κ3) is 1.31. The third-order valence-corrected chi connectivity index (χ3v) is 2.45. The first-order valence-electron chi connectivity index (χ1n) is 4.72. The summed E-state index contributed by atoms with van der Waals surface area (Å²) in [4.78, 5) is 41.4. The van der Waals surface area contributed by atoms with Gasteiger partial charge in [0.25, 0.3) is 5.56 Å². The number of H-pyrrole nitrogens is 3. The lowest BCUT2D eigenvalue weighted by Gasteiger charge is -2.00. The highest BCUT2D eigenvalue weighted by Gasteiger charge is 2.25. The molecule has 1 saturated heterocycles. The van der Waals surface area contributed by atoms with Gasteiger partial charge in [-0.3, -0.25) is 24.3 Å². The molecule has 2 aromatic rings. The summed E-state index contributed by atoms with van der Waals surface area (Å²) in [6, 6.07) is 0. The maximum atomic E-state index is 11.8. The van der Waals surface area contributed by atoms with Crippen LogP contribution in [0, 0.1) is 0 Å².